The van der Waals surface area contributed by atoms with Crippen LogP contribution in [-0.4, -0.2) is 0 Å². The van der Waals surface area contributed by atoms with Gasteiger partial charge in [-0.05, 0) is 91.3 Å². The summed E-state index contributed by atoms with van der Waals surface area (Å²) in [5.41, 5.74) is 13.6. The Morgan fingerprint density at radius 1 is 0.792 bits per heavy atom. The molecule has 8 rings (SSSR count). The van der Waals surface area contributed by atoms with Gasteiger partial charge in [0.25, 0.3) is 0 Å². The number of aromatic nitrogens is 2. The highest BCUT2D eigenvalue weighted by Gasteiger charge is 2.84. The highest BCUT2D eigenvalue weighted by Crippen LogP contribution is 2.74. The monoisotopic (exact) mass is 638 g/mol. The molecule has 0 bridgehead atoms. The lowest BCUT2D eigenvalue weighted by Gasteiger charge is -2.39. The summed E-state index contributed by atoms with van der Waals surface area (Å²) in [6.45, 7) is 16.0. The van der Waals surface area contributed by atoms with E-state index >= 15 is 4.39 Å². The Bertz CT molecular complexity index is 2140. The number of hydrogen-bond donors (Lipinski definition) is 0. The summed E-state index contributed by atoms with van der Waals surface area (Å²) in [5.74, 6) is 0.389. The van der Waals surface area contributed by atoms with E-state index < -0.39 is 5.41 Å². The van der Waals surface area contributed by atoms with E-state index in [2.05, 4.69) is 132 Å². The Kier molecular flexibility index (Phi) is 7.09. The largest absolute Gasteiger partial charge is 0.221 e. The van der Waals surface area contributed by atoms with E-state index in [1.54, 1.807) is 6.07 Å². The van der Waals surface area contributed by atoms with E-state index in [1.165, 1.54) is 79.5 Å². The number of unbranched alkanes of at least 4 members (excludes halogenated alkanes) is 1. The molecule has 3 aromatic carbocycles. The highest BCUT2D eigenvalue weighted by molar-refractivity contribution is 6.03. The quantitative estimate of drug-likeness (QED) is 0.142. The number of pyridine rings is 2. The maximum Gasteiger partial charge on any atom is 0.221 e. The molecule has 3 atom stereocenters. The van der Waals surface area contributed by atoms with Gasteiger partial charge in [0.1, 0.15) is 12.9 Å². The molecule has 246 valence electrons. The lowest BCUT2D eigenvalue weighted by Crippen LogP contribution is -2.56. The molecule has 5 aromatic rings. The van der Waals surface area contributed by atoms with Crippen LogP contribution in [0.4, 0.5) is 4.39 Å². The minimum absolute atomic E-state index is 0.0306. The van der Waals surface area contributed by atoms with Crippen molar-refractivity contribution in [2.75, 3.05) is 0 Å². The average Bonchev–Trinajstić information content (AvgIpc) is 3.69. The molecule has 0 radical (unpaired) electrons. The van der Waals surface area contributed by atoms with Gasteiger partial charge in [-0.15, -0.1) is 0 Å². The molecule has 1 fully saturated rings. The van der Waals surface area contributed by atoms with Crippen LogP contribution in [0.3, 0.4) is 0 Å². The molecular weight excluding hydrogens is 588 g/mol. The molecule has 1 aliphatic heterocycles. The fourth-order valence-electron chi connectivity index (χ4n) is 10.9. The van der Waals surface area contributed by atoms with Gasteiger partial charge in [-0.1, -0.05) is 76.9 Å². The average molecular weight is 639 g/mol. The van der Waals surface area contributed by atoms with Gasteiger partial charge >= 0.3 is 0 Å². The molecule has 0 saturated heterocycles. The van der Waals surface area contributed by atoms with E-state index in [4.69, 9.17) is 0 Å². The predicted molar refractivity (Wildman–Crippen MR) is 195 cm³/mol. The lowest BCUT2D eigenvalue weighted by atomic mass is 9.65. The number of fused-ring (bicyclic) bond motifs is 3. The van der Waals surface area contributed by atoms with Crippen molar-refractivity contribution in [3.63, 3.8) is 0 Å². The van der Waals surface area contributed by atoms with E-state index in [0.29, 0.717) is 5.92 Å². The fraction of sp³-hybridized carbons (Fsp3) is 0.422. The summed E-state index contributed by atoms with van der Waals surface area (Å²) in [6, 6.07) is 22.6. The molecule has 0 spiro atoms. The number of aryl methyl sites for hydroxylation is 5. The maximum absolute atomic E-state index is 16.3. The van der Waals surface area contributed by atoms with Crippen LogP contribution in [0, 0.1) is 25.6 Å². The van der Waals surface area contributed by atoms with E-state index in [-0.39, 0.29) is 16.8 Å². The Morgan fingerprint density at radius 3 is 2.29 bits per heavy atom. The normalized spacial score (nSPS) is 22.6. The van der Waals surface area contributed by atoms with E-state index in [9.17, 15) is 0 Å². The highest BCUT2D eigenvalue weighted by atomic mass is 19.1. The zero-order valence-corrected chi connectivity index (χ0v) is 30.2. The first-order valence-electron chi connectivity index (χ1n) is 18.5. The fourth-order valence-corrected chi connectivity index (χ4v) is 10.9. The summed E-state index contributed by atoms with van der Waals surface area (Å²) >= 11 is 0. The zero-order chi connectivity index (χ0) is 33.7. The van der Waals surface area contributed by atoms with Crippen molar-refractivity contribution in [3.05, 3.63) is 118 Å². The predicted octanol–water partition coefficient (Wildman–Crippen LogP) is 10.1. The van der Waals surface area contributed by atoms with Crippen molar-refractivity contribution in [2.24, 2.45) is 13.0 Å². The molecule has 48 heavy (non-hydrogen) atoms. The maximum atomic E-state index is 16.3. The molecule has 2 aromatic heterocycles. The second kappa shape index (κ2) is 10.8. The van der Waals surface area contributed by atoms with Crippen molar-refractivity contribution >= 4 is 10.8 Å². The van der Waals surface area contributed by atoms with Gasteiger partial charge in [-0.3, -0.25) is 0 Å². The molecule has 3 aliphatic rings. The van der Waals surface area contributed by atoms with Crippen LogP contribution < -0.4 is 9.13 Å². The van der Waals surface area contributed by atoms with Gasteiger partial charge in [0.15, 0.2) is 17.9 Å². The molecule has 3 unspecified atom stereocenters. The number of nitrogens with zero attached hydrogens (tertiary/aromatic N) is 2. The molecule has 1 saturated carbocycles. The Labute approximate surface area is 286 Å². The topological polar surface area (TPSA) is 7.76 Å². The summed E-state index contributed by atoms with van der Waals surface area (Å²) < 4.78 is 21.3. The molecule has 0 N–H and O–H groups in total. The Balaban J connectivity index is 1.33. The van der Waals surface area contributed by atoms with Crippen LogP contribution >= 0.6 is 0 Å². The molecular formula is C45H51FN2+2. The van der Waals surface area contributed by atoms with Gasteiger partial charge in [-0.25, -0.2) is 8.96 Å². The Morgan fingerprint density at radius 2 is 1.54 bits per heavy atom. The van der Waals surface area contributed by atoms with Crippen molar-refractivity contribution < 1.29 is 13.5 Å². The second-order valence-electron chi connectivity index (χ2n) is 15.7. The third kappa shape index (κ3) is 3.91. The van der Waals surface area contributed by atoms with E-state index in [0.717, 1.165) is 37.7 Å². The molecule has 3 heteroatoms. The zero-order valence-electron chi connectivity index (χ0n) is 30.2. The molecule has 3 heterocycles. The van der Waals surface area contributed by atoms with Crippen molar-refractivity contribution in [3.8, 4) is 22.5 Å². The van der Waals surface area contributed by atoms with Crippen LogP contribution in [0.1, 0.15) is 106 Å². The van der Waals surface area contributed by atoms with Crippen molar-refractivity contribution in [1.82, 2.24) is 0 Å². The second-order valence-corrected chi connectivity index (χ2v) is 15.7. The van der Waals surface area contributed by atoms with Crippen LogP contribution in [0.15, 0.2) is 73.1 Å². The third-order valence-electron chi connectivity index (χ3n) is 13.1. The smallest absolute Gasteiger partial charge is 0.207 e. The molecule has 0 amide bonds. The Hall–Kier alpha value is -3.85. The summed E-state index contributed by atoms with van der Waals surface area (Å²) in [6.07, 6.45) is 12.2. The van der Waals surface area contributed by atoms with Gasteiger partial charge in [-0.2, -0.15) is 4.57 Å². The van der Waals surface area contributed by atoms with Crippen LogP contribution in [0.5, 0.6) is 0 Å². The summed E-state index contributed by atoms with van der Waals surface area (Å²) in [7, 11) is 2.16. The number of hydrogen-bond acceptors (Lipinski definition) is 0. The first kappa shape index (κ1) is 31.4. The van der Waals surface area contributed by atoms with Gasteiger partial charge < -0.3 is 0 Å². The van der Waals surface area contributed by atoms with Crippen LogP contribution in [0.2, 0.25) is 0 Å². The van der Waals surface area contributed by atoms with E-state index in [1.807, 2.05) is 0 Å². The molecule has 2 aliphatic carbocycles. The summed E-state index contributed by atoms with van der Waals surface area (Å²) in [4.78, 5) is 0. The number of benzene rings is 3. The first-order chi connectivity index (χ1) is 23.1. The lowest BCUT2D eigenvalue weighted by molar-refractivity contribution is -0.737. The van der Waals surface area contributed by atoms with Crippen molar-refractivity contribution in [1.29, 1.82) is 0 Å². The minimum atomic E-state index is -0.422. The van der Waals surface area contributed by atoms with Gasteiger partial charge in [0.2, 0.25) is 11.4 Å². The number of rotatable bonds is 9. The SMILES string of the molecule is CCCCc1ccc2c3c4[n+](ccc13)C1(CC)C(CCc3ccc(C)cc3-c3cc(C)cc[n+]3C)C1(CC)c1ccc(F)c(c1-4)C2(C)C. The van der Waals surface area contributed by atoms with Crippen LogP contribution in [0.25, 0.3) is 33.3 Å². The first-order valence-corrected chi connectivity index (χ1v) is 18.5. The van der Waals surface area contributed by atoms with Gasteiger partial charge in [0.05, 0.1) is 16.4 Å². The standard InChI is InChI=1S/C45H51FN2/c1-9-12-13-30-16-18-34-39-32(30)23-25-48-42(39)40-35(19-20-36(46)41(40)43(34,6)7)44(10-2)38(45(44,48)11-3)21-17-31-15-14-28(4)26-33(31)37-27-29(5)22-24-47(37)8/h14-16,18-20,22-27,38H,9-13,17,21H2,1-8H3/q+2. The minimum Gasteiger partial charge on any atom is -0.207 e. The van der Waals surface area contributed by atoms with Gasteiger partial charge in [0, 0.05) is 47.1 Å². The number of halogens is 1. The summed E-state index contributed by atoms with van der Waals surface area (Å²) in [5, 5.41) is 2.73. The third-order valence-corrected chi connectivity index (χ3v) is 13.1. The molecule has 2 nitrogen and oxygen atoms in total. The van der Waals surface area contributed by atoms with Crippen LogP contribution in [-0.2, 0) is 36.3 Å². The van der Waals surface area contributed by atoms with Crippen molar-refractivity contribution in [2.45, 2.75) is 110 Å².